The molecule has 0 bridgehead atoms. The molecule has 4 nitrogen and oxygen atoms in total. The third kappa shape index (κ3) is 3.39. The lowest BCUT2D eigenvalue weighted by Gasteiger charge is -2.15. The monoisotopic (exact) mass is 230 g/mol. The zero-order valence-corrected chi connectivity index (χ0v) is 10.1. The number of nitrogens with one attached hydrogen (secondary N) is 2. The molecule has 0 amide bonds. The number of benzene rings is 1. The predicted molar refractivity (Wildman–Crippen MR) is 67.6 cm³/mol. The molecule has 1 aromatic heterocycles. The molecular weight excluding hydrogens is 212 g/mol. The SMILES string of the molecule is CCCNC(Cc1ccccc1)c1ncn[nH]1. The molecule has 2 aromatic rings. The number of hydrogen-bond donors (Lipinski definition) is 2. The standard InChI is InChI=1S/C13H18N4/c1-2-8-14-12(13-15-10-16-17-13)9-11-6-4-3-5-7-11/h3-7,10,12,14H,2,8-9H2,1H3,(H,15,16,17). The second-order valence-corrected chi connectivity index (χ2v) is 4.07. The van der Waals surface area contributed by atoms with Gasteiger partial charge in [0.1, 0.15) is 12.2 Å². The van der Waals surface area contributed by atoms with Crippen molar-refractivity contribution in [3.63, 3.8) is 0 Å². The Morgan fingerprint density at radius 3 is 2.76 bits per heavy atom. The number of nitrogens with zero attached hydrogens (tertiary/aromatic N) is 2. The van der Waals surface area contributed by atoms with Crippen LogP contribution in [0.5, 0.6) is 0 Å². The van der Waals surface area contributed by atoms with Crippen LogP contribution in [-0.2, 0) is 6.42 Å². The van der Waals surface area contributed by atoms with Gasteiger partial charge in [0.25, 0.3) is 0 Å². The summed E-state index contributed by atoms with van der Waals surface area (Å²) in [5.74, 6) is 0.905. The Morgan fingerprint density at radius 1 is 1.29 bits per heavy atom. The van der Waals surface area contributed by atoms with Crippen molar-refractivity contribution >= 4 is 0 Å². The highest BCUT2D eigenvalue weighted by atomic mass is 15.2. The minimum atomic E-state index is 0.208. The quantitative estimate of drug-likeness (QED) is 0.799. The first-order valence-electron chi connectivity index (χ1n) is 6.02. The van der Waals surface area contributed by atoms with Crippen LogP contribution in [0.4, 0.5) is 0 Å². The molecule has 1 heterocycles. The van der Waals surface area contributed by atoms with E-state index in [1.807, 2.05) is 6.07 Å². The summed E-state index contributed by atoms with van der Waals surface area (Å²) in [6.07, 6.45) is 3.59. The molecule has 2 N–H and O–H groups in total. The smallest absolute Gasteiger partial charge is 0.141 e. The third-order valence-electron chi connectivity index (χ3n) is 2.69. The lowest BCUT2D eigenvalue weighted by atomic mass is 10.1. The van der Waals surface area contributed by atoms with Gasteiger partial charge in [0.15, 0.2) is 0 Å². The summed E-state index contributed by atoms with van der Waals surface area (Å²) in [5.41, 5.74) is 1.30. The molecule has 1 aromatic carbocycles. The maximum atomic E-state index is 4.24. The van der Waals surface area contributed by atoms with Crippen LogP contribution < -0.4 is 5.32 Å². The summed E-state index contributed by atoms with van der Waals surface area (Å²) >= 11 is 0. The van der Waals surface area contributed by atoms with E-state index < -0.39 is 0 Å². The minimum Gasteiger partial charge on any atom is -0.307 e. The highest BCUT2D eigenvalue weighted by Gasteiger charge is 2.13. The van der Waals surface area contributed by atoms with Gasteiger partial charge in [-0.05, 0) is 24.9 Å². The summed E-state index contributed by atoms with van der Waals surface area (Å²) in [4.78, 5) is 4.24. The normalized spacial score (nSPS) is 12.5. The number of hydrogen-bond acceptors (Lipinski definition) is 3. The van der Waals surface area contributed by atoms with Crippen LogP contribution in [0, 0.1) is 0 Å². The van der Waals surface area contributed by atoms with Gasteiger partial charge in [0.2, 0.25) is 0 Å². The fraction of sp³-hybridized carbons (Fsp3) is 0.385. The van der Waals surface area contributed by atoms with Gasteiger partial charge < -0.3 is 5.32 Å². The molecular formula is C13H18N4. The molecule has 0 aliphatic heterocycles. The van der Waals surface area contributed by atoms with Gasteiger partial charge in [-0.25, -0.2) is 4.98 Å². The fourth-order valence-electron chi connectivity index (χ4n) is 1.82. The summed E-state index contributed by atoms with van der Waals surface area (Å²) in [6.45, 7) is 3.14. The molecule has 0 aliphatic carbocycles. The van der Waals surface area contributed by atoms with E-state index >= 15 is 0 Å². The van der Waals surface area contributed by atoms with Gasteiger partial charge in [-0.2, -0.15) is 5.10 Å². The Kier molecular flexibility index (Phi) is 4.27. The first-order chi connectivity index (χ1) is 8.40. The van der Waals surface area contributed by atoms with Gasteiger partial charge in [-0.1, -0.05) is 37.3 Å². The minimum absolute atomic E-state index is 0.208. The molecule has 0 spiro atoms. The Balaban J connectivity index is 2.06. The number of rotatable bonds is 6. The molecule has 0 saturated carbocycles. The van der Waals surface area contributed by atoms with E-state index in [0.717, 1.165) is 25.2 Å². The van der Waals surface area contributed by atoms with Gasteiger partial charge >= 0.3 is 0 Å². The Labute approximate surface area is 101 Å². The van der Waals surface area contributed by atoms with Crippen molar-refractivity contribution in [2.75, 3.05) is 6.54 Å². The summed E-state index contributed by atoms with van der Waals surface area (Å²) in [7, 11) is 0. The van der Waals surface area contributed by atoms with Crippen molar-refractivity contribution in [3.8, 4) is 0 Å². The summed E-state index contributed by atoms with van der Waals surface area (Å²) in [5, 5.41) is 10.3. The average Bonchev–Trinajstić information content (AvgIpc) is 2.89. The zero-order chi connectivity index (χ0) is 11.9. The first kappa shape index (κ1) is 11.8. The molecule has 0 fully saturated rings. The lowest BCUT2D eigenvalue weighted by Crippen LogP contribution is -2.25. The van der Waals surface area contributed by atoms with E-state index in [1.54, 1.807) is 6.33 Å². The van der Waals surface area contributed by atoms with Gasteiger partial charge in [-0.15, -0.1) is 0 Å². The molecule has 0 radical (unpaired) electrons. The van der Waals surface area contributed by atoms with Crippen LogP contribution in [0.3, 0.4) is 0 Å². The van der Waals surface area contributed by atoms with Crippen LogP contribution in [0.25, 0.3) is 0 Å². The van der Waals surface area contributed by atoms with Crippen LogP contribution in [0.15, 0.2) is 36.7 Å². The van der Waals surface area contributed by atoms with Crippen molar-refractivity contribution in [1.82, 2.24) is 20.5 Å². The number of H-pyrrole nitrogens is 1. The topological polar surface area (TPSA) is 53.6 Å². The molecule has 0 aliphatic rings. The fourth-order valence-corrected chi connectivity index (χ4v) is 1.82. The second kappa shape index (κ2) is 6.15. The van der Waals surface area contributed by atoms with Crippen molar-refractivity contribution in [2.45, 2.75) is 25.8 Å². The van der Waals surface area contributed by atoms with Crippen molar-refractivity contribution < 1.29 is 0 Å². The summed E-state index contributed by atoms with van der Waals surface area (Å²) in [6, 6.07) is 10.6. The maximum Gasteiger partial charge on any atom is 0.141 e. The number of aromatic nitrogens is 3. The number of aromatic amines is 1. The molecule has 4 heteroatoms. The van der Waals surface area contributed by atoms with E-state index in [4.69, 9.17) is 0 Å². The Bertz CT molecular complexity index is 410. The first-order valence-corrected chi connectivity index (χ1v) is 6.02. The highest BCUT2D eigenvalue weighted by Crippen LogP contribution is 2.14. The molecule has 2 rings (SSSR count). The maximum absolute atomic E-state index is 4.24. The van der Waals surface area contributed by atoms with Gasteiger partial charge in [0.05, 0.1) is 6.04 Å². The lowest BCUT2D eigenvalue weighted by molar-refractivity contribution is 0.506. The van der Waals surface area contributed by atoms with E-state index in [-0.39, 0.29) is 6.04 Å². The molecule has 1 unspecified atom stereocenters. The third-order valence-corrected chi connectivity index (χ3v) is 2.69. The van der Waals surface area contributed by atoms with Crippen LogP contribution >= 0.6 is 0 Å². The predicted octanol–water partition coefficient (Wildman–Crippen LogP) is 2.09. The van der Waals surface area contributed by atoms with Crippen LogP contribution in [-0.4, -0.2) is 21.7 Å². The van der Waals surface area contributed by atoms with Crippen molar-refractivity contribution in [2.24, 2.45) is 0 Å². The highest BCUT2D eigenvalue weighted by molar-refractivity contribution is 5.17. The molecule has 1 atom stereocenters. The summed E-state index contributed by atoms with van der Waals surface area (Å²) < 4.78 is 0. The Morgan fingerprint density at radius 2 is 2.12 bits per heavy atom. The Hall–Kier alpha value is -1.68. The van der Waals surface area contributed by atoms with Gasteiger partial charge in [0, 0.05) is 0 Å². The van der Waals surface area contributed by atoms with E-state index in [1.165, 1.54) is 5.56 Å². The van der Waals surface area contributed by atoms with E-state index in [2.05, 4.69) is 51.7 Å². The van der Waals surface area contributed by atoms with Gasteiger partial charge in [-0.3, -0.25) is 5.10 Å². The van der Waals surface area contributed by atoms with Crippen molar-refractivity contribution in [1.29, 1.82) is 0 Å². The molecule has 0 saturated heterocycles. The van der Waals surface area contributed by atoms with Crippen LogP contribution in [0.1, 0.15) is 30.8 Å². The van der Waals surface area contributed by atoms with Crippen molar-refractivity contribution in [3.05, 3.63) is 48.0 Å². The molecule has 90 valence electrons. The second-order valence-electron chi connectivity index (χ2n) is 4.07. The largest absolute Gasteiger partial charge is 0.307 e. The van der Waals surface area contributed by atoms with Crippen LogP contribution in [0.2, 0.25) is 0 Å². The average molecular weight is 230 g/mol. The zero-order valence-electron chi connectivity index (χ0n) is 10.1. The molecule has 17 heavy (non-hydrogen) atoms. The van der Waals surface area contributed by atoms with E-state index in [0.29, 0.717) is 0 Å². The van der Waals surface area contributed by atoms with E-state index in [9.17, 15) is 0 Å².